The molecular formula is C25H25N3O2. The van der Waals surface area contributed by atoms with E-state index in [4.69, 9.17) is 0 Å². The first kappa shape index (κ1) is 19.9. The summed E-state index contributed by atoms with van der Waals surface area (Å²) in [5, 5.41) is 9.20. The molecular weight excluding hydrogens is 374 g/mol. The number of benzene rings is 3. The van der Waals surface area contributed by atoms with Crippen molar-refractivity contribution in [2.45, 2.75) is 24.9 Å². The lowest BCUT2D eigenvalue weighted by molar-refractivity contribution is -0.115. The SMILES string of the molecule is O=C(CNC(c1ccccc1)c1ccccc1)Nc1cccc(C(=O)NC2CC2)c1. The molecule has 0 bridgehead atoms. The van der Waals surface area contributed by atoms with Crippen molar-refractivity contribution in [3.05, 3.63) is 102 Å². The summed E-state index contributed by atoms with van der Waals surface area (Å²) in [4.78, 5) is 24.8. The quantitative estimate of drug-likeness (QED) is 0.538. The van der Waals surface area contributed by atoms with Crippen LogP contribution in [0.4, 0.5) is 5.69 Å². The fourth-order valence-electron chi connectivity index (χ4n) is 3.35. The zero-order valence-electron chi connectivity index (χ0n) is 16.7. The van der Waals surface area contributed by atoms with Gasteiger partial charge in [-0.15, -0.1) is 0 Å². The maximum Gasteiger partial charge on any atom is 0.251 e. The normalized spacial score (nSPS) is 13.1. The Morgan fingerprint density at radius 1 is 0.833 bits per heavy atom. The van der Waals surface area contributed by atoms with Gasteiger partial charge in [-0.25, -0.2) is 0 Å². The molecule has 1 aliphatic carbocycles. The van der Waals surface area contributed by atoms with E-state index in [0.29, 0.717) is 17.3 Å². The Hall–Kier alpha value is -3.44. The molecule has 152 valence electrons. The highest BCUT2D eigenvalue weighted by atomic mass is 16.2. The number of anilines is 1. The molecule has 3 aromatic carbocycles. The van der Waals surface area contributed by atoms with Crippen LogP contribution in [0.5, 0.6) is 0 Å². The Balaban J connectivity index is 1.40. The lowest BCUT2D eigenvalue weighted by atomic mass is 9.99. The minimum Gasteiger partial charge on any atom is -0.349 e. The standard InChI is InChI=1S/C25H25N3O2/c29-23(27-22-13-7-12-20(16-22)25(30)28-21-14-15-21)17-26-24(18-8-3-1-4-9-18)19-10-5-2-6-11-19/h1-13,16,21,24,26H,14-15,17H2,(H,27,29)(H,28,30). The molecule has 30 heavy (non-hydrogen) atoms. The summed E-state index contributed by atoms with van der Waals surface area (Å²) >= 11 is 0. The average molecular weight is 399 g/mol. The third kappa shape index (κ3) is 5.33. The lowest BCUT2D eigenvalue weighted by Gasteiger charge is -2.19. The van der Waals surface area contributed by atoms with Gasteiger partial charge in [0, 0.05) is 17.3 Å². The Morgan fingerprint density at radius 2 is 1.47 bits per heavy atom. The van der Waals surface area contributed by atoms with Crippen LogP contribution < -0.4 is 16.0 Å². The third-order valence-corrected chi connectivity index (χ3v) is 5.05. The van der Waals surface area contributed by atoms with Gasteiger partial charge in [-0.3, -0.25) is 14.9 Å². The molecule has 0 saturated heterocycles. The van der Waals surface area contributed by atoms with E-state index in [9.17, 15) is 9.59 Å². The molecule has 3 N–H and O–H groups in total. The number of hydrogen-bond donors (Lipinski definition) is 3. The Bertz CT molecular complexity index is 962. The van der Waals surface area contributed by atoms with E-state index in [1.165, 1.54) is 0 Å². The van der Waals surface area contributed by atoms with E-state index in [1.54, 1.807) is 24.3 Å². The van der Waals surface area contributed by atoms with Crippen molar-refractivity contribution >= 4 is 17.5 Å². The molecule has 0 unspecified atom stereocenters. The Morgan fingerprint density at radius 3 is 2.07 bits per heavy atom. The summed E-state index contributed by atoms with van der Waals surface area (Å²) in [5.74, 6) is -0.258. The molecule has 0 heterocycles. The molecule has 0 atom stereocenters. The lowest BCUT2D eigenvalue weighted by Crippen LogP contribution is -2.32. The number of hydrogen-bond acceptors (Lipinski definition) is 3. The van der Waals surface area contributed by atoms with Crippen LogP contribution in [0.1, 0.15) is 40.4 Å². The topological polar surface area (TPSA) is 70.2 Å². The van der Waals surface area contributed by atoms with E-state index in [0.717, 1.165) is 24.0 Å². The number of rotatable bonds is 8. The molecule has 0 radical (unpaired) electrons. The van der Waals surface area contributed by atoms with Crippen LogP contribution in [0.2, 0.25) is 0 Å². The second-order valence-electron chi connectivity index (χ2n) is 7.51. The van der Waals surface area contributed by atoms with Gasteiger partial charge in [0.1, 0.15) is 0 Å². The highest BCUT2D eigenvalue weighted by molar-refractivity contribution is 5.97. The van der Waals surface area contributed by atoms with Gasteiger partial charge in [-0.05, 0) is 42.2 Å². The highest BCUT2D eigenvalue weighted by Gasteiger charge is 2.23. The number of carbonyl (C=O) groups is 2. The van der Waals surface area contributed by atoms with Crippen molar-refractivity contribution in [1.29, 1.82) is 0 Å². The van der Waals surface area contributed by atoms with Crippen molar-refractivity contribution < 1.29 is 9.59 Å². The van der Waals surface area contributed by atoms with Crippen LogP contribution in [0, 0.1) is 0 Å². The van der Waals surface area contributed by atoms with Gasteiger partial charge >= 0.3 is 0 Å². The molecule has 4 rings (SSSR count). The van der Waals surface area contributed by atoms with Crippen LogP contribution in [-0.4, -0.2) is 24.4 Å². The summed E-state index contributed by atoms with van der Waals surface area (Å²) in [5.41, 5.74) is 3.35. The molecule has 0 aromatic heterocycles. The maximum atomic E-state index is 12.6. The molecule has 5 heteroatoms. The molecule has 0 spiro atoms. The minimum atomic E-state index is -0.161. The van der Waals surface area contributed by atoms with E-state index < -0.39 is 0 Å². The molecule has 0 aliphatic heterocycles. The van der Waals surface area contributed by atoms with Crippen LogP contribution in [0.15, 0.2) is 84.9 Å². The van der Waals surface area contributed by atoms with Gasteiger partial charge in [0.2, 0.25) is 5.91 Å². The largest absolute Gasteiger partial charge is 0.349 e. The summed E-state index contributed by atoms with van der Waals surface area (Å²) < 4.78 is 0. The van der Waals surface area contributed by atoms with Crippen molar-refractivity contribution in [2.24, 2.45) is 0 Å². The minimum absolute atomic E-state index is 0.0891. The summed E-state index contributed by atoms with van der Waals surface area (Å²) in [6.07, 6.45) is 2.08. The maximum absolute atomic E-state index is 12.6. The van der Waals surface area contributed by atoms with Crippen LogP contribution in [0.3, 0.4) is 0 Å². The molecule has 1 saturated carbocycles. The van der Waals surface area contributed by atoms with Gasteiger partial charge in [-0.2, -0.15) is 0 Å². The van der Waals surface area contributed by atoms with Gasteiger partial charge in [-0.1, -0.05) is 66.7 Å². The monoisotopic (exact) mass is 399 g/mol. The van der Waals surface area contributed by atoms with Gasteiger partial charge in [0.05, 0.1) is 12.6 Å². The fraction of sp³-hybridized carbons (Fsp3) is 0.200. The van der Waals surface area contributed by atoms with Crippen molar-refractivity contribution in [2.75, 3.05) is 11.9 Å². The van der Waals surface area contributed by atoms with E-state index in [1.807, 2.05) is 60.7 Å². The average Bonchev–Trinajstić information content (AvgIpc) is 3.59. The first-order valence-electron chi connectivity index (χ1n) is 10.2. The number of amides is 2. The second kappa shape index (κ2) is 9.37. The number of carbonyl (C=O) groups excluding carboxylic acids is 2. The molecule has 2 amide bonds. The summed E-state index contributed by atoms with van der Waals surface area (Å²) in [6, 6.07) is 27.3. The number of nitrogens with one attached hydrogen (secondary N) is 3. The van der Waals surface area contributed by atoms with Crippen molar-refractivity contribution in [3.8, 4) is 0 Å². The van der Waals surface area contributed by atoms with Crippen LogP contribution >= 0.6 is 0 Å². The molecule has 3 aromatic rings. The van der Waals surface area contributed by atoms with Gasteiger partial charge < -0.3 is 10.6 Å². The zero-order chi connectivity index (χ0) is 20.8. The van der Waals surface area contributed by atoms with Crippen LogP contribution in [-0.2, 0) is 4.79 Å². The first-order valence-corrected chi connectivity index (χ1v) is 10.2. The predicted octanol–water partition coefficient (Wildman–Crippen LogP) is 3.90. The van der Waals surface area contributed by atoms with E-state index >= 15 is 0 Å². The first-order chi connectivity index (χ1) is 14.7. The van der Waals surface area contributed by atoms with Gasteiger partial charge in [0.25, 0.3) is 5.91 Å². The van der Waals surface area contributed by atoms with E-state index in [2.05, 4.69) is 16.0 Å². The van der Waals surface area contributed by atoms with Gasteiger partial charge in [0.15, 0.2) is 0 Å². The zero-order valence-corrected chi connectivity index (χ0v) is 16.7. The molecule has 5 nitrogen and oxygen atoms in total. The Labute approximate surface area is 176 Å². The highest BCUT2D eigenvalue weighted by Crippen LogP contribution is 2.22. The van der Waals surface area contributed by atoms with E-state index in [-0.39, 0.29) is 24.4 Å². The third-order valence-electron chi connectivity index (χ3n) is 5.05. The smallest absolute Gasteiger partial charge is 0.251 e. The second-order valence-corrected chi connectivity index (χ2v) is 7.51. The molecule has 1 aliphatic rings. The van der Waals surface area contributed by atoms with Crippen molar-refractivity contribution in [1.82, 2.24) is 10.6 Å². The Kier molecular flexibility index (Phi) is 6.20. The predicted molar refractivity (Wildman–Crippen MR) is 118 cm³/mol. The van der Waals surface area contributed by atoms with Crippen molar-refractivity contribution in [3.63, 3.8) is 0 Å². The summed E-state index contributed by atoms with van der Waals surface area (Å²) in [6.45, 7) is 0.146. The fourth-order valence-corrected chi connectivity index (χ4v) is 3.35. The summed E-state index contributed by atoms with van der Waals surface area (Å²) in [7, 11) is 0. The molecule has 1 fully saturated rings. The van der Waals surface area contributed by atoms with Crippen LogP contribution in [0.25, 0.3) is 0 Å².